The Hall–Kier alpha value is -2.89. The summed E-state index contributed by atoms with van der Waals surface area (Å²) in [6.45, 7) is 8.33. The van der Waals surface area contributed by atoms with E-state index in [0.29, 0.717) is 18.2 Å². The number of benzene rings is 2. The molecule has 6 nitrogen and oxygen atoms in total. The van der Waals surface area contributed by atoms with E-state index in [9.17, 15) is 4.79 Å². The third-order valence-electron chi connectivity index (χ3n) is 5.45. The van der Waals surface area contributed by atoms with Gasteiger partial charge in [0.15, 0.2) is 0 Å². The van der Waals surface area contributed by atoms with E-state index in [1.54, 1.807) is 4.90 Å². The Kier molecular flexibility index (Phi) is 6.75. The molecule has 6 heteroatoms. The number of nitrogen functional groups attached to an aromatic ring is 2. The van der Waals surface area contributed by atoms with E-state index in [-0.39, 0.29) is 6.09 Å². The first-order valence-electron chi connectivity index (χ1n) is 10.7. The third-order valence-corrected chi connectivity index (χ3v) is 5.45. The second-order valence-corrected chi connectivity index (χ2v) is 9.03. The van der Waals surface area contributed by atoms with Crippen LogP contribution in [-0.4, -0.2) is 31.3 Å². The molecule has 3 rings (SSSR count). The Morgan fingerprint density at radius 1 is 1.00 bits per heavy atom. The number of hydrogen-bond donors (Lipinski definition) is 2. The summed E-state index contributed by atoms with van der Waals surface area (Å²) >= 11 is 0. The zero-order chi connectivity index (χ0) is 21.7. The van der Waals surface area contributed by atoms with Gasteiger partial charge in [-0.25, -0.2) is 4.79 Å². The molecule has 30 heavy (non-hydrogen) atoms. The molecule has 2 aromatic carbocycles. The number of carbonyl (C=O) groups is 1. The van der Waals surface area contributed by atoms with Gasteiger partial charge in [-0.2, -0.15) is 0 Å². The summed E-state index contributed by atoms with van der Waals surface area (Å²) < 4.78 is 5.65. The number of carbonyl (C=O) groups excluding carboxylic acids is 1. The number of piperidine rings is 1. The van der Waals surface area contributed by atoms with E-state index in [4.69, 9.17) is 16.2 Å². The van der Waals surface area contributed by atoms with Gasteiger partial charge in [0.1, 0.15) is 5.60 Å². The second-order valence-electron chi connectivity index (χ2n) is 9.03. The predicted octanol–water partition coefficient (Wildman–Crippen LogP) is 4.90. The van der Waals surface area contributed by atoms with Crippen molar-refractivity contribution >= 4 is 28.8 Å². The van der Waals surface area contributed by atoms with Crippen LogP contribution in [0.4, 0.5) is 27.5 Å². The molecular weight excluding hydrogens is 376 g/mol. The van der Waals surface area contributed by atoms with Crippen LogP contribution in [0.15, 0.2) is 48.5 Å². The zero-order valence-electron chi connectivity index (χ0n) is 18.3. The molecule has 4 N–H and O–H groups in total. The molecule has 1 saturated heterocycles. The lowest BCUT2D eigenvalue weighted by atomic mass is 9.93. The van der Waals surface area contributed by atoms with E-state index in [1.807, 2.05) is 57.2 Å². The fraction of sp³-hybridized carbons (Fsp3) is 0.458. The van der Waals surface area contributed by atoms with Gasteiger partial charge in [0.25, 0.3) is 0 Å². The first-order valence-corrected chi connectivity index (χ1v) is 10.7. The number of anilines is 4. The maximum Gasteiger partial charge on any atom is 0.414 e. The van der Waals surface area contributed by atoms with Gasteiger partial charge >= 0.3 is 6.09 Å². The van der Waals surface area contributed by atoms with Crippen LogP contribution in [0, 0.1) is 5.92 Å². The van der Waals surface area contributed by atoms with Crippen molar-refractivity contribution in [1.82, 2.24) is 0 Å². The first-order chi connectivity index (χ1) is 14.2. The molecule has 1 aliphatic rings. The maximum atomic E-state index is 12.8. The average molecular weight is 411 g/mol. The lowest BCUT2D eigenvalue weighted by Crippen LogP contribution is -2.39. The van der Waals surface area contributed by atoms with Crippen LogP contribution in [0.5, 0.6) is 0 Å². The molecule has 0 bridgehead atoms. The lowest BCUT2D eigenvalue weighted by Gasteiger charge is -2.35. The van der Waals surface area contributed by atoms with Crippen LogP contribution >= 0.6 is 0 Å². The molecule has 0 unspecified atom stereocenters. The van der Waals surface area contributed by atoms with Crippen LogP contribution in [0.25, 0.3) is 0 Å². The van der Waals surface area contributed by atoms with Gasteiger partial charge in [0.2, 0.25) is 0 Å². The lowest BCUT2D eigenvalue weighted by molar-refractivity contribution is 0.0578. The molecule has 162 valence electrons. The number of ether oxygens (including phenoxy) is 1. The van der Waals surface area contributed by atoms with Crippen LogP contribution in [0.2, 0.25) is 0 Å². The summed E-state index contributed by atoms with van der Waals surface area (Å²) in [5.74, 6) is 0.578. The van der Waals surface area contributed by atoms with Crippen molar-refractivity contribution in [2.75, 3.05) is 40.9 Å². The van der Waals surface area contributed by atoms with Gasteiger partial charge < -0.3 is 21.1 Å². The Bertz CT molecular complexity index is 820. The van der Waals surface area contributed by atoms with Gasteiger partial charge in [0, 0.05) is 42.4 Å². The highest BCUT2D eigenvalue weighted by molar-refractivity contribution is 5.88. The highest BCUT2D eigenvalue weighted by Crippen LogP contribution is 2.27. The molecular formula is C24H34N4O2. The standard InChI is InChI=1S/C24H34N4O2/c1-24(2,3)30-23(29)28(22-10-6-20(26)7-11-22)17-14-18-12-15-27(16-13-18)21-8-4-19(25)5-9-21/h4-11,18H,12-17,25-26H2,1-3H3. The highest BCUT2D eigenvalue weighted by Gasteiger charge is 2.26. The first kappa shape index (κ1) is 21.8. The second kappa shape index (κ2) is 9.28. The summed E-state index contributed by atoms with van der Waals surface area (Å²) in [7, 11) is 0. The largest absolute Gasteiger partial charge is 0.443 e. The van der Waals surface area contributed by atoms with Crippen molar-refractivity contribution in [2.24, 2.45) is 5.92 Å². The van der Waals surface area contributed by atoms with Gasteiger partial charge in [0.05, 0.1) is 0 Å². The van der Waals surface area contributed by atoms with Crippen molar-refractivity contribution in [3.63, 3.8) is 0 Å². The number of nitrogens with zero attached hydrogens (tertiary/aromatic N) is 2. The summed E-state index contributed by atoms with van der Waals surface area (Å²) in [6, 6.07) is 15.5. The van der Waals surface area contributed by atoms with Crippen molar-refractivity contribution in [3.05, 3.63) is 48.5 Å². The monoisotopic (exact) mass is 410 g/mol. The third kappa shape index (κ3) is 6.05. The average Bonchev–Trinajstić information content (AvgIpc) is 2.69. The number of amides is 1. The van der Waals surface area contributed by atoms with E-state index in [0.717, 1.165) is 43.7 Å². The van der Waals surface area contributed by atoms with Crippen molar-refractivity contribution < 1.29 is 9.53 Å². The molecule has 0 spiro atoms. The summed E-state index contributed by atoms with van der Waals surface area (Å²) in [5.41, 5.74) is 14.6. The van der Waals surface area contributed by atoms with Crippen molar-refractivity contribution in [2.45, 2.75) is 45.6 Å². The fourth-order valence-corrected chi connectivity index (χ4v) is 3.77. The Morgan fingerprint density at radius 2 is 1.53 bits per heavy atom. The van der Waals surface area contributed by atoms with E-state index < -0.39 is 5.60 Å². The minimum atomic E-state index is -0.534. The molecule has 1 fully saturated rings. The topological polar surface area (TPSA) is 84.8 Å². The van der Waals surface area contributed by atoms with Crippen LogP contribution < -0.4 is 21.3 Å². The van der Waals surface area contributed by atoms with Gasteiger partial charge in [-0.3, -0.25) is 4.90 Å². The molecule has 0 aliphatic carbocycles. The van der Waals surface area contributed by atoms with Crippen LogP contribution in [-0.2, 0) is 4.74 Å². The van der Waals surface area contributed by atoms with Crippen molar-refractivity contribution in [3.8, 4) is 0 Å². The number of nitrogens with two attached hydrogens (primary N) is 2. The Balaban J connectivity index is 1.59. The van der Waals surface area contributed by atoms with Crippen LogP contribution in [0.3, 0.4) is 0 Å². The van der Waals surface area contributed by atoms with Gasteiger partial charge in [-0.05, 0) is 94.5 Å². The molecule has 0 aromatic heterocycles. The number of rotatable bonds is 5. The summed E-state index contributed by atoms with van der Waals surface area (Å²) in [5, 5.41) is 0. The van der Waals surface area contributed by atoms with Crippen LogP contribution in [0.1, 0.15) is 40.0 Å². The molecule has 0 atom stereocenters. The molecule has 2 aromatic rings. The molecule has 1 heterocycles. The minimum absolute atomic E-state index is 0.313. The Labute approximate surface area is 179 Å². The smallest absolute Gasteiger partial charge is 0.414 e. The molecule has 1 aliphatic heterocycles. The van der Waals surface area contributed by atoms with E-state index >= 15 is 0 Å². The fourth-order valence-electron chi connectivity index (χ4n) is 3.77. The minimum Gasteiger partial charge on any atom is -0.443 e. The van der Waals surface area contributed by atoms with E-state index in [2.05, 4.69) is 17.0 Å². The molecule has 1 amide bonds. The zero-order valence-corrected chi connectivity index (χ0v) is 18.3. The van der Waals surface area contributed by atoms with Crippen molar-refractivity contribution in [1.29, 1.82) is 0 Å². The SMILES string of the molecule is CC(C)(C)OC(=O)N(CCC1CCN(c2ccc(N)cc2)CC1)c1ccc(N)cc1. The molecule has 0 saturated carbocycles. The van der Waals surface area contributed by atoms with E-state index in [1.165, 1.54) is 5.69 Å². The predicted molar refractivity (Wildman–Crippen MR) is 125 cm³/mol. The summed E-state index contributed by atoms with van der Waals surface area (Å²) in [6.07, 6.45) is 2.84. The van der Waals surface area contributed by atoms with Gasteiger partial charge in [-0.1, -0.05) is 0 Å². The maximum absolute atomic E-state index is 12.8. The Morgan fingerprint density at radius 3 is 2.07 bits per heavy atom. The molecule has 0 radical (unpaired) electrons. The number of hydrogen-bond acceptors (Lipinski definition) is 5. The normalized spacial score (nSPS) is 15.1. The quantitative estimate of drug-likeness (QED) is 0.685. The highest BCUT2D eigenvalue weighted by atomic mass is 16.6. The summed E-state index contributed by atoms with van der Waals surface area (Å²) in [4.78, 5) is 17.0. The van der Waals surface area contributed by atoms with Gasteiger partial charge in [-0.15, -0.1) is 0 Å².